The molecule has 1 heterocycles. The molecule has 168 valence electrons. The van der Waals surface area contributed by atoms with Crippen LogP contribution in [0.1, 0.15) is 20.3 Å². The van der Waals surface area contributed by atoms with E-state index in [1.165, 1.54) is 18.2 Å². The van der Waals surface area contributed by atoms with Crippen LogP contribution in [0.25, 0.3) is 0 Å². The molecule has 0 saturated carbocycles. The number of carbonyl (C=O) groups is 1. The third kappa shape index (κ3) is 6.82. The highest BCUT2D eigenvalue weighted by atomic mass is 35.5. The number of anilines is 2. The number of halogens is 2. The van der Waals surface area contributed by atoms with Crippen molar-refractivity contribution in [2.75, 3.05) is 29.7 Å². The van der Waals surface area contributed by atoms with Gasteiger partial charge in [0.2, 0.25) is 5.91 Å². The van der Waals surface area contributed by atoms with E-state index in [0.29, 0.717) is 29.4 Å². The summed E-state index contributed by atoms with van der Waals surface area (Å²) in [5.74, 6) is -0.169. The summed E-state index contributed by atoms with van der Waals surface area (Å²) in [5.41, 5.74) is 0.800. The molecule has 1 amide bonds. The van der Waals surface area contributed by atoms with Crippen LogP contribution in [0.5, 0.6) is 0 Å². The van der Waals surface area contributed by atoms with E-state index in [4.69, 9.17) is 27.9 Å². The molecular formula is C21H25Cl2N3O4S. The van der Waals surface area contributed by atoms with Gasteiger partial charge < -0.3 is 10.1 Å². The van der Waals surface area contributed by atoms with Gasteiger partial charge in [0.25, 0.3) is 10.0 Å². The number of morpholine rings is 1. The zero-order valence-electron chi connectivity index (χ0n) is 17.3. The molecule has 0 aromatic heterocycles. The van der Waals surface area contributed by atoms with Crippen molar-refractivity contribution in [1.29, 1.82) is 0 Å². The molecule has 2 atom stereocenters. The van der Waals surface area contributed by atoms with Crippen LogP contribution < -0.4 is 10.0 Å². The Bertz CT molecular complexity index is 1020. The summed E-state index contributed by atoms with van der Waals surface area (Å²) >= 11 is 12.0. The Morgan fingerprint density at radius 3 is 2.29 bits per heavy atom. The molecule has 31 heavy (non-hydrogen) atoms. The average molecular weight is 486 g/mol. The lowest BCUT2D eigenvalue weighted by Crippen LogP contribution is -2.46. The van der Waals surface area contributed by atoms with Crippen LogP contribution in [0.3, 0.4) is 0 Å². The molecule has 0 bridgehead atoms. The van der Waals surface area contributed by atoms with Crippen molar-refractivity contribution in [3.63, 3.8) is 0 Å². The Labute approximate surface area is 192 Å². The number of sulfonamides is 1. The van der Waals surface area contributed by atoms with E-state index in [1.54, 1.807) is 24.3 Å². The Morgan fingerprint density at radius 2 is 1.68 bits per heavy atom. The normalized spacial score (nSPS) is 19.7. The van der Waals surface area contributed by atoms with Crippen LogP contribution in [0.15, 0.2) is 47.4 Å². The van der Waals surface area contributed by atoms with Crippen LogP contribution in [0, 0.1) is 0 Å². The van der Waals surface area contributed by atoms with Gasteiger partial charge in [-0.2, -0.15) is 0 Å². The second-order valence-corrected chi connectivity index (χ2v) is 10.1. The Hall–Kier alpha value is -1.84. The second-order valence-electron chi connectivity index (χ2n) is 7.57. The molecule has 0 unspecified atom stereocenters. The lowest BCUT2D eigenvalue weighted by Gasteiger charge is -2.35. The van der Waals surface area contributed by atoms with Gasteiger partial charge >= 0.3 is 0 Å². The number of amides is 1. The monoisotopic (exact) mass is 485 g/mol. The number of nitrogens with zero attached hydrogens (tertiary/aromatic N) is 1. The lowest BCUT2D eigenvalue weighted by molar-refractivity contribution is -0.117. The maximum Gasteiger partial charge on any atom is 0.263 e. The molecule has 2 aromatic carbocycles. The van der Waals surface area contributed by atoms with E-state index >= 15 is 0 Å². The minimum Gasteiger partial charge on any atom is -0.373 e. The Morgan fingerprint density at radius 1 is 1.06 bits per heavy atom. The van der Waals surface area contributed by atoms with Crippen molar-refractivity contribution in [2.24, 2.45) is 0 Å². The summed E-state index contributed by atoms with van der Waals surface area (Å²) in [6.07, 6.45) is 0.595. The number of carbonyl (C=O) groups excluding carboxylic acids is 1. The first-order valence-electron chi connectivity index (χ1n) is 9.88. The van der Waals surface area contributed by atoms with E-state index in [1.807, 2.05) is 13.8 Å². The number of rotatable bonds is 7. The van der Waals surface area contributed by atoms with Crippen LogP contribution in [0.4, 0.5) is 11.4 Å². The molecule has 2 N–H and O–H groups in total. The molecule has 3 rings (SSSR count). The first-order chi connectivity index (χ1) is 14.6. The molecule has 10 heteroatoms. The highest BCUT2D eigenvalue weighted by Crippen LogP contribution is 2.27. The summed E-state index contributed by atoms with van der Waals surface area (Å²) in [4.78, 5) is 14.4. The second kappa shape index (κ2) is 10.2. The van der Waals surface area contributed by atoms with Crippen molar-refractivity contribution < 1.29 is 17.9 Å². The summed E-state index contributed by atoms with van der Waals surface area (Å²) in [6, 6.07) is 10.6. The molecule has 1 aliphatic heterocycles. The zero-order chi connectivity index (χ0) is 22.6. The average Bonchev–Trinajstić information content (AvgIpc) is 2.67. The number of nitrogens with one attached hydrogen (secondary N) is 2. The van der Waals surface area contributed by atoms with Gasteiger partial charge in [-0.3, -0.25) is 14.4 Å². The fourth-order valence-electron chi connectivity index (χ4n) is 3.47. The maximum absolute atomic E-state index is 12.6. The topological polar surface area (TPSA) is 87.7 Å². The van der Waals surface area contributed by atoms with Gasteiger partial charge in [-0.15, -0.1) is 0 Å². The molecule has 1 aliphatic rings. The van der Waals surface area contributed by atoms with Gasteiger partial charge in [0.15, 0.2) is 0 Å². The Kier molecular flexibility index (Phi) is 7.82. The molecule has 0 aliphatic carbocycles. The van der Waals surface area contributed by atoms with Crippen LogP contribution in [-0.2, 0) is 19.6 Å². The van der Waals surface area contributed by atoms with E-state index in [0.717, 1.165) is 13.1 Å². The summed E-state index contributed by atoms with van der Waals surface area (Å²) in [6.45, 7) is 6.23. The predicted octanol–water partition coefficient (Wildman–Crippen LogP) is 4.23. The van der Waals surface area contributed by atoms with Crippen molar-refractivity contribution >= 4 is 50.5 Å². The van der Waals surface area contributed by atoms with Crippen molar-refractivity contribution in [2.45, 2.75) is 37.4 Å². The summed E-state index contributed by atoms with van der Waals surface area (Å²) in [5, 5.41) is 3.28. The first kappa shape index (κ1) is 23.8. The smallest absolute Gasteiger partial charge is 0.263 e. The molecule has 7 nitrogen and oxygen atoms in total. The summed E-state index contributed by atoms with van der Waals surface area (Å²) < 4.78 is 33.4. The van der Waals surface area contributed by atoms with Crippen LogP contribution >= 0.6 is 23.2 Å². The standard InChI is InChI=1S/C21H25Cl2N3O4S/c1-14-12-26(13-15(2)30-14)10-9-21(27)24-18-7-8-20(19(23)11-18)31(28,29)25-17-5-3-16(22)4-6-17/h3-8,11,14-15,25H,9-10,12-13H2,1-2H3,(H,24,27)/t14-,15-/m0/s1. The fraction of sp³-hybridized carbons (Fsp3) is 0.381. The number of hydrogen-bond donors (Lipinski definition) is 2. The Balaban J connectivity index is 1.59. The lowest BCUT2D eigenvalue weighted by atomic mass is 10.2. The zero-order valence-corrected chi connectivity index (χ0v) is 19.6. The van der Waals surface area contributed by atoms with Crippen molar-refractivity contribution in [3.8, 4) is 0 Å². The molecule has 1 fully saturated rings. The third-order valence-electron chi connectivity index (χ3n) is 4.75. The maximum atomic E-state index is 12.6. The molecule has 1 saturated heterocycles. The van der Waals surface area contributed by atoms with E-state index < -0.39 is 10.0 Å². The van der Waals surface area contributed by atoms with Gasteiger partial charge in [-0.25, -0.2) is 8.42 Å². The number of ether oxygens (including phenoxy) is 1. The number of hydrogen-bond acceptors (Lipinski definition) is 5. The quantitative estimate of drug-likeness (QED) is 0.612. The molecular weight excluding hydrogens is 461 g/mol. The van der Waals surface area contributed by atoms with Gasteiger partial charge in [0.05, 0.1) is 17.2 Å². The number of benzene rings is 2. The molecule has 2 aromatic rings. The third-order valence-corrected chi connectivity index (χ3v) is 6.87. The fourth-order valence-corrected chi connectivity index (χ4v) is 5.21. The van der Waals surface area contributed by atoms with Gasteiger partial charge in [-0.05, 0) is 56.3 Å². The minimum absolute atomic E-state index is 0.00934. The van der Waals surface area contributed by atoms with Gasteiger partial charge in [0, 0.05) is 42.5 Å². The molecule has 0 spiro atoms. The summed E-state index contributed by atoms with van der Waals surface area (Å²) in [7, 11) is -3.89. The van der Waals surface area contributed by atoms with Gasteiger partial charge in [0.1, 0.15) is 4.90 Å². The predicted molar refractivity (Wildman–Crippen MR) is 123 cm³/mol. The first-order valence-corrected chi connectivity index (χ1v) is 12.1. The molecule has 0 radical (unpaired) electrons. The minimum atomic E-state index is -3.89. The van der Waals surface area contributed by atoms with E-state index in [9.17, 15) is 13.2 Å². The highest BCUT2D eigenvalue weighted by molar-refractivity contribution is 7.92. The van der Waals surface area contributed by atoms with E-state index in [2.05, 4.69) is 14.9 Å². The van der Waals surface area contributed by atoms with Crippen molar-refractivity contribution in [1.82, 2.24) is 4.90 Å². The van der Waals surface area contributed by atoms with Crippen LogP contribution in [0.2, 0.25) is 10.0 Å². The SMILES string of the molecule is C[C@H]1CN(CCC(=O)Nc2ccc(S(=O)(=O)Nc3ccc(Cl)cc3)c(Cl)c2)C[C@H](C)O1. The van der Waals surface area contributed by atoms with Crippen LogP contribution in [-0.4, -0.2) is 51.1 Å². The highest BCUT2D eigenvalue weighted by Gasteiger charge is 2.23. The van der Waals surface area contributed by atoms with Crippen molar-refractivity contribution in [3.05, 3.63) is 52.5 Å². The van der Waals surface area contributed by atoms with E-state index in [-0.39, 0.29) is 28.0 Å². The largest absolute Gasteiger partial charge is 0.373 e. The van der Waals surface area contributed by atoms with Gasteiger partial charge in [-0.1, -0.05) is 23.2 Å².